The summed E-state index contributed by atoms with van der Waals surface area (Å²) in [7, 11) is 1.31. The van der Waals surface area contributed by atoms with Crippen LogP contribution < -0.4 is 4.74 Å². The number of hydrogen-bond acceptors (Lipinski definition) is 5. The zero-order valence-corrected chi connectivity index (χ0v) is 13.8. The van der Waals surface area contributed by atoms with Gasteiger partial charge in [0.05, 0.1) is 25.2 Å². The number of carbonyl (C=O) groups excluding carboxylic acids is 2. The first-order valence-corrected chi connectivity index (χ1v) is 8.23. The van der Waals surface area contributed by atoms with Crippen molar-refractivity contribution < 1.29 is 23.8 Å². The molecule has 2 heterocycles. The average molecular weight is 338 g/mol. The quantitative estimate of drug-likeness (QED) is 0.619. The molecule has 0 spiro atoms. The van der Waals surface area contributed by atoms with E-state index in [1.807, 2.05) is 30.3 Å². The lowest BCUT2D eigenvalue weighted by Gasteiger charge is -2.25. The van der Waals surface area contributed by atoms with E-state index < -0.39 is 11.6 Å². The number of hydrogen-bond donors (Lipinski definition) is 0. The van der Waals surface area contributed by atoms with Gasteiger partial charge in [0.25, 0.3) is 0 Å². The first kappa shape index (κ1) is 15.8. The van der Waals surface area contributed by atoms with E-state index in [-0.39, 0.29) is 24.4 Å². The number of methoxy groups -OCH3 is 1. The van der Waals surface area contributed by atoms with Crippen LogP contribution in [0.25, 0.3) is 0 Å². The van der Waals surface area contributed by atoms with E-state index in [1.165, 1.54) is 7.11 Å². The minimum atomic E-state index is -1.26. The van der Waals surface area contributed by atoms with Gasteiger partial charge in [-0.05, 0) is 17.7 Å². The third kappa shape index (κ3) is 2.81. The van der Waals surface area contributed by atoms with E-state index >= 15 is 0 Å². The zero-order valence-electron chi connectivity index (χ0n) is 13.8. The van der Waals surface area contributed by atoms with Crippen LogP contribution in [0.5, 0.6) is 5.75 Å². The van der Waals surface area contributed by atoms with Crippen molar-refractivity contribution in [1.82, 2.24) is 0 Å². The lowest BCUT2D eigenvalue weighted by atomic mass is 9.86. The van der Waals surface area contributed by atoms with Crippen LogP contribution in [0, 0.1) is 0 Å². The molecule has 0 saturated carbocycles. The van der Waals surface area contributed by atoms with Crippen molar-refractivity contribution in [3.63, 3.8) is 0 Å². The molecule has 0 bridgehead atoms. The number of para-hydroxylation sites is 1. The van der Waals surface area contributed by atoms with Crippen LogP contribution in [0.15, 0.2) is 54.6 Å². The summed E-state index contributed by atoms with van der Waals surface area (Å²) < 4.78 is 16.5. The third-order valence-electron chi connectivity index (χ3n) is 4.75. The van der Waals surface area contributed by atoms with Gasteiger partial charge < -0.3 is 14.2 Å². The maximum absolute atomic E-state index is 13.0. The number of ketones is 1. The van der Waals surface area contributed by atoms with E-state index in [4.69, 9.17) is 14.2 Å². The Bertz CT molecular complexity index is 816. The Morgan fingerprint density at radius 3 is 2.56 bits per heavy atom. The first-order chi connectivity index (χ1) is 12.1. The molecule has 2 aromatic carbocycles. The molecule has 0 aromatic heterocycles. The van der Waals surface area contributed by atoms with Crippen LogP contribution in [-0.4, -0.2) is 30.6 Å². The number of rotatable bonds is 5. The summed E-state index contributed by atoms with van der Waals surface area (Å²) in [5.74, 6) is -0.151. The molecule has 0 radical (unpaired) electrons. The summed E-state index contributed by atoms with van der Waals surface area (Å²) in [6, 6.07) is 16.9. The summed E-state index contributed by atoms with van der Waals surface area (Å²) in [5, 5.41) is 0. The van der Waals surface area contributed by atoms with E-state index in [2.05, 4.69) is 0 Å². The maximum Gasteiger partial charge on any atom is 0.310 e. The Kier molecular flexibility index (Phi) is 3.81. The maximum atomic E-state index is 13.0. The van der Waals surface area contributed by atoms with Crippen molar-refractivity contribution in [1.29, 1.82) is 0 Å². The summed E-state index contributed by atoms with van der Waals surface area (Å²) in [6.45, 7) is 0. The van der Waals surface area contributed by atoms with Gasteiger partial charge in [-0.2, -0.15) is 0 Å². The highest BCUT2D eigenvalue weighted by Gasteiger charge is 2.55. The normalized spacial score (nSPS) is 26.7. The molecule has 1 fully saturated rings. The minimum absolute atomic E-state index is 0.0733. The summed E-state index contributed by atoms with van der Waals surface area (Å²) >= 11 is 0. The van der Waals surface area contributed by atoms with Crippen molar-refractivity contribution in [3.05, 3.63) is 65.7 Å². The molecule has 1 saturated heterocycles. The van der Waals surface area contributed by atoms with Crippen LogP contribution in [0.2, 0.25) is 0 Å². The fourth-order valence-corrected chi connectivity index (χ4v) is 3.43. The summed E-state index contributed by atoms with van der Waals surface area (Å²) in [5.41, 5.74) is 0.303. The summed E-state index contributed by atoms with van der Waals surface area (Å²) in [4.78, 5) is 24.9. The van der Waals surface area contributed by atoms with E-state index in [9.17, 15) is 9.59 Å². The first-order valence-electron chi connectivity index (χ1n) is 8.23. The number of carbonyl (C=O) groups is 2. The number of ether oxygens (including phenoxy) is 3. The number of fused-ring (bicyclic) bond motifs is 1. The Morgan fingerprint density at radius 2 is 1.84 bits per heavy atom. The molecular weight excluding hydrogens is 320 g/mol. The van der Waals surface area contributed by atoms with Gasteiger partial charge in [0.1, 0.15) is 11.9 Å². The molecule has 25 heavy (non-hydrogen) atoms. The van der Waals surface area contributed by atoms with Crippen LogP contribution in [0.3, 0.4) is 0 Å². The van der Waals surface area contributed by atoms with Gasteiger partial charge in [0, 0.05) is 6.42 Å². The molecule has 4 rings (SSSR count). The highest BCUT2D eigenvalue weighted by atomic mass is 16.6. The predicted molar refractivity (Wildman–Crippen MR) is 89.4 cm³/mol. The standard InChI is InChI=1S/C20H18O5/c1-23-17(21)12-20(19(22)14-9-5-6-10-15(14)25-20)11-16-18(24-16)13-7-3-2-4-8-13/h2-10,16,18H,11-12H2,1H3/t16-,18-,20-/m0/s1. The second kappa shape index (κ2) is 6.01. The smallest absolute Gasteiger partial charge is 0.310 e. The predicted octanol–water partition coefficient (Wildman–Crippen LogP) is 3.09. The third-order valence-corrected chi connectivity index (χ3v) is 4.75. The molecule has 2 aliphatic heterocycles. The van der Waals surface area contributed by atoms with Crippen LogP contribution in [-0.2, 0) is 14.3 Å². The number of Topliss-reactive ketones (excluding diaryl/α,β-unsaturated/α-hetero) is 1. The molecular formula is C20H18O5. The van der Waals surface area contributed by atoms with Crippen molar-refractivity contribution in [2.24, 2.45) is 0 Å². The lowest BCUT2D eigenvalue weighted by Crippen LogP contribution is -2.44. The van der Waals surface area contributed by atoms with Crippen LogP contribution in [0.4, 0.5) is 0 Å². The van der Waals surface area contributed by atoms with Gasteiger partial charge in [-0.1, -0.05) is 42.5 Å². The van der Waals surface area contributed by atoms with Gasteiger partial charge in [-0.25, -0.2) is 0 Å². The van der Waals surface area contributed by atoms with Crippen molar-refractivity contribution in [3.8, 4) is 5.75 Å². The van der Waals surface area contributed by atoms with Crippen molar-refractivity contribution in [2.45, 2.75) is 30.7 Å². The van der Waals surface area contributed by atoms with Gasteiger partial charge in [-0.15, -0.1) is 0 Å². The second-order valence-electron chi connectivity index (χ2n) is 6.38. The van der Waals surface area contributed by atoms with Gasteiger partial charge in [0.2, 0.25) is 5.78 Å². The minimum Gasteiger partial charge on any atom is -0.478 e. The molecule has 128 valence electrons. The van der Waals surface area contributed by atoms with Gasteiger partial charge >= 0.3 is 5.97 Å². The molecule has 3 atom stereocenters. The Labute approximate surface area is 145 Å². The average Bonchev–Trinajstić information content (AvgIpc) is 3.35. The van der Waals surface area contributed by atoms with E-state index in [1.54, 1.807) is 24.3 Å². The van der Waals surface area contributed by atoms with Crippen molar-refractivity contribution in [2.75, 3.05) is 7.11 Å². The Hall–Kier alpha value is -2.66. The van der Waals surface area contributed by atoms with Crippen molar-refractivity contribution >= 4 is 11.8 Å². The molecule has 2 aliphatic rings. The lowest BCUT2D eigenvalue weighted by molar-refractivity contribution is -0.144. The zero-order chi connectivity index (χ0) is 17.4. The molecule has 5 heteroatoms. The molecule has 5 nitrogen and oxygen atoms in total. The molecule has 2 aromatic rings. The fraction of sp³-hybridized carbons (Fsp3) is 0.300. The van der Waals surface area contributed by atoms with E-state index in [0.717, 1.165) is 5.56 Å². The van der Waals surface area contributed by atoms with Crippen LogP contribution >= 0.6 is 0 Å². The number of epoxide rings is 1. The van der Waals surface area contributed by atoms with Gasteiger partial charge in [0.15, 0.2) is 5.60 Å². The molecule has 0 amide bonds. The Balaban J connectivity index is 1.59. The highest BCUT2D eigenvalue weighted by molar-refractivity contribution is 6.09. The van der Waals surface area contributed by atoms with Crippen LogP contribution in [0.1, 0.15) is 34.9 Å². The number of benzene rings is 2. The molecule has 0 N–H and O–H groups in total. The highest BCUT2D eigenvalue weighted by Crippen LogP contribution is 2.48. The monoisotopic (exact) mass is 338 g/mol. The Morgan fingerprint density at radius 1 is 1.12 bits per heavy atom. The molecule has 0 aliphatic carbocycles. The topological polar surface area (TPSA) is 65.1 Å². The second-order valence-corrected chi connectivity index (χ2v) is 6.38. The SMILES string of the molecule is COC(=O)C[C@]1(C[C@@H]2O[C@H]2c2ccccc2)Oc2ccccc2C1=O. The summed E-state index contributed by atoms with van der Waals surface area (Å²) in [6.07, 6.45) is -0.0470. The van der Waals surface area contributed by atoms with E-state index in [0.29, 0.717) is 17.7 Å². The van der Waals surface area contributed by atoms with Gasteiger partial charge in [-0.3, -0.25) is 9.59 Å². The number of esters is 1. The fourth-order valence-electron chi connectivity index (χ4n) is 3.43. The molecule has 0 unspecified atom stereocenters. The largest absolute Gasteiger partial charge is 0.478 e.